The quantitative estimate of drug-likeness (QED) is 0.607. The molecule has 0 bridgehead atoms. The second-order valence-corrected chi connectivity index (χ2v) is 4.98. The van der Waals surface area contributed by atoms with Gasteiger partial charge in [0.25, 0.3) is 5.91 Å². The van der Waals surface area contributed by atoms with Gasteiger partial charge >= 0.3 is 11.9 Å². The molecule has 130 valence electrons. The van der Waals surface area contributed by atoms with Crippen molar-refractivity contribution in [2.45, 2.75) is 32.4 Å². The minimum Gasteiger partial charge on any atom is -0.477 e. The van der Waals surface area contributed by atoms with Crippen LogP contribution in [0.25, 0.3) is 0 Å². The first kappa shape index (κ1) is 17.7. The van der Waals surface area contributed by atoms with Gasteiger partial charge in [-0.05, 0) is 19.9 Å². The number of hydrogen-bond donors (Lipinski definition) is 1. The van der Waals surface area contributed by atoms with Crippen LogP contribution < -0.4 is 10.1 Å². The lowest BCUT2D eigenvalue weighted by molar-refractivity contribution is -0.160. The number of nitrogens with one attached hydrogen (secondary N) is 1. The molecule has 0 aliphatic carbocycles. The smallest absolute Gasteiger partial charge is 0.340 e. The first-order valence-electron chi connectivity index (χ1n) is 7.55. The third-order valence-electron chi connectivity index (χ3n) is 3.34. The Labute approximate surface area is 138 Å². The highest BCUT2D eigenvalue weighted by Crippen LogP contribution is 2.31. The lowest BCUT2D eigenvalue weighted by atomic mass is 10.1. The normalized spacial score (nSPS) is 15.4. The molecule has 0 spiro atoms. The van der Waals surface area contributed by atoms with E-state index in [9.17, 15) is 18.8 Å². The SMILES string of the molecule is CCOC(=O)C(NC(=O)C1Cc2cccc(F)c2O1)C(=O)OCC. The van der Waals surface area contributed by atoms with E-state index >= 15 is 0 Å². The number of amides is 1. The maximum absolute atomic E-state index is 13.6. The summed E-state index contributed by atoms with van der Waals surface area (Å²) in [7, 11) is 0. The van der Waals surface area contributed by atoms with Crippen LogP contribution in [0.2, 0.25) is 0 Å². The Morgan fingerprint density at radius 3 is 2.42 bits per heavy atom. The van der Waals surface area contributed by atoms with E-state index in [-0.39, 0.29) is 25.4 Å². The summed E-state index contributed by atoms with van der Waals surface area (Å²) >= 11 is 0. The van der Waals surface area contributed by atoms with Gasteiger partial charge in [-0.1, -0.05) is 12.1 Å². The number of esters is 2. The number of hydrogen-bond acceptors (Lipinski definition) is 6. The predicted octanol–water partition coefficient (Wildman–Crippen LogP) is 0.740. The fraction of sp³-hybridized carbons (Fsp3) is 0.438. The molecule has 7 nitrogen and oxygen atoms in total. The third kappa shape index (κ3) is 3.81. The molecule has 1 amide bonds. The van der Waals surface area contributed by atoms with E-state index in [4.69, 9.17) is 14.2 Å². The monoisotopic (exact) mass is 339 g/mol. The highest BCUT2D eigenvalue weighted by atomic mass is 19.1. The van der Waals surface area contributed by atoms with Crippen molar-refractivity contribution in [3.8, 4) is 5.75 Å². The van der Waals surface area contributed by atoms with Gasteiger partial charge in [-0.2, -0.15) is 0 Å². The Bertz CT molecular complexity index is 629. The molecule has 0 fully saturated rings. The summed E-state index contributed by atoms with van der Waals surface area (Å²) in [4.78, 5) is 36.0. The average molecular weight is 339 g/mol. The maximum Gasteiger partial charge on any atom is 0.340 e. The Morgan fingerprint density at radius 1 is 1.25 bits per heavy atom. The van der Waals surface area contributed by atoms with Crippen molar-refractivity contribution >= 4 is 17.8 Å². The summed E-state index contributed by atoms with van der Waals surface area (Å²) in [6, 6.07) is 2.78. The Hall–Kier alpha value is -2.64. The fourth-order valence-corrected chi connectivity index (χ4v) is 2.28. The topological polar surface area (TPSA) is 90.9 Å². The molecule has 1 aromatic carbocycles. The first-order valence-corrected chi connectivity index (χ1v) is 7.55. The van der Waals surface area contributed by atoms with Crippen LogP contribution in [0.5, 0.6) is 5.75 Å². The number of fused-ring (bicyclic) bond motifs is 1. The van der Waals surface area contributed by atoms with Gasteiger partial charge in [-0.15, -0.1) is 0 Å². The number of halogens is 1. The maximum atomic E-state index is 13.6. The van der Waals surface area contributed by atoms with Crippen molar-refractivity contribution in [2.75, 3.05) is 13.2 Å². The highest BCUT2D eigenvalue weighted by molar-refractivity contribution is 6.03. The molecule has 24 heavy (non-hydrogen) atoms. The summed E-state index contributed by atoms with van der Waals surface area (Å²) in [6.45, 7) is 3.23. The zero-order valence-electron chi connectivity index (χ0n) is 13.3. The standard InChI is InChI=1S/C16H18FNO6/c1-3-22-15(20)12(16(21)23-4-2)18-14(19)11-8-9-6-5-7-10(17)13(9)24-11/h5-7,11-12H,3-4,8H2,1-2H3,(H,18,19). The molecule has 0 radical (unpaired) electrons. The van der Waals surface area contributed by atoms with Gasteiger partial charge in [0.15, 0.2) is 17.7 Å². The molecule has 1 aromatic rings. The van der Waals surface area contributed by atoms with E-state index in [1.807, 2.05) is 0 Å². The molecule has 1 aliphatic heterocycles. The van der Waals surface area contributed by atoms with Gasteiger partial charge in [0.1, 0.15) is 0 Å². The van der Waals surface area contributed by atoms with Crippen molar-refractivity contribution in [1.82, 2.24) is 5.32 Å². The number of benzene rings is 1. The van der Waals surface area contributed by atoms with Crippen LogP contribution in [0.3, 0.4) is 0 Å². The van der Waals surface area contributed by atoms with Crippen LogP contribution in [-0.4, -0.2) is 43.2 Å². The lowest BCUT2D eigenvalue weighted by Gasteiger charge is -2.18. The minimum absolute atomic E-state index is 0.00136. The van der Waals surface area contributed by atoms with Crippen molar-refractivity contribution in [1.29, 1.82) is 0 Å². The van der Waals surface area contributed by atoms with Crippen molar-refractivity contribution in [2.24, 2.45) is 0 Å². The van der Waals surface area contributed by atoms with Crippen molar-refractivity contribution in [3.63, 3.8) is 0 Å². The second-order valence-electron chi connectivity index (χ2n) is 4.98. The molecule has 1 aliphatic rings. The Morgan fingerprint density at radius 2 is 1.88 bits per heavy atom. The number of para-hydroxylation sites is 1. The van der Waals surface area contributed by atoms with Gasteiger partial charge in [0.2, 0.25) is 6.04 Å². The van der Waals surface area contributed by atoms with Crippen molar-refractivity contribution < 1.29 is 33.0 Å². The number of carbonyl (C=O) groups is 3. The number of rotatable bonds is 6. The highest BCUT2D eigenvalue weighted by Gasteiger charge is 2.37. The molecule has 0 saturated heterocycles. The van der Waals surface area contributed by atoms with Crippen molar-refractivity contribution in [3.05, 3.63) is 29.6 Å². The van der Waals surface area contributed by atoms with Gasteiger partial charge in [0.05, 0.1) is 13.2 Å². The van der Waals surface area contributed by atoms with E-state index in [2.05, 4.69) is 5.32 Å². The van der Waals surface area contributed by atoms with E-state index in [0.29, 0.717) is 5.56 Å². The summed E-state index contributed by atoms with van der Waals surface area (Å²) in [5, 5.41) is 2.25. The zero-order valence-corrected chi connectivity index (χ0v) is 13.3. The van der Waals surface area contributed by atoms with Gasteiger partial charge in [-0.25, -0.2) is 14.0 Å². The Balaban J connectivity index is 2.07. The summed E-state index contributed by atoms with van der Waals surface area (Å²) in [6.07, 6.45) is -0.902. The molecule has 1 N–H and O–H groups in total. The molecule has 8 heteroatoms. The minimum atomic E-state index is -1.59. The Kier molecular flexibility index (Phi) is 5.73. The van der Waals surface area contributed by atoms with Crippen LogP contribution in [0.15, 0.2) is 18.2 Å². The van der Waals surface area contributed by atoms with Crippen LogP contribution in [0.1, 0.15) is 19.4 Å². The third-order valence-corrected chi connectivity index (χ3v) is 3.34. The molecule has 2 rings (SSSR count). The van der Waals surface area contributed by atoms with Gasteiger partial charge in [-0.3, -0.25) is 4.79 Å². The molecular weight excluding hydrogens is 321 g/mol. The van der Waals surface area contributed by atoms with E-state index in [0.717, 1.165) is 0 Å². The predicted molar refractivity (Wildman–Crippen MR) is 79.7 cm³/mol. The summed E-state index contributed by atoms with van der Waals surface area (Å²) in [5.74, 6) is -3.15. The molecule has 1 unspecified atom stereocenters. The van der Waals surface area contributed by atoms with E-state index in [1.54, 1.807) is 19.9 Å². The zero-order chi connectivity index (χ0) is 17.7. The largest absolute Gasteiger partial charge is 0.477 e. The second kappa shape index (κ2) is 7.76. The summed E-state index contributed by atoms with van der Waals surface area (Å²) < 4.78 is 28.5. The lowest BCUT2D eigenvalue weighted by Crippen LogP contribution is -2.52. The molecule has 1 atom stereocenters. The van der Waals surface area contributed by atoms with Crippen LogP contribution in [0.4, 0.5) is 4.39 Å². The van der Waals surface area contributed by atoms with Gasteiger partial charge < -0.3 is 19.5 Å². The van der Waals surface area contributed by atoms with Crippen LogP contribution in [-0.2, 0) is 30.3 Å². The number of carbonyl (C=O) groups excluding carboxylic acids is 3. The van der Waals surface area contributed by atoms with Crippen LogP contribution in [0, 0.1) is 5.82 Å². The van der Waals surface area contributed by atoms with E-state index in [1.165, 1.54) is 12.1 Å². The van der Waals surface area contributed by atoms with Gasteiger partial charge in [0, 0.05) is 12.0 Å². The fourth-order valence-electron chi connectivity index (χ4n) is 2.28. The first-order chi connectivity index (χ1) is 11.5. The van der Waals surface area contributed by atoms with Crippen LogP contribution >= 0.6 is 0 Å². The summed E-state index contributed by atoms with van der Waals surface area (Å²) in [5.41, 5.74) is 0.541. The number of ether oxygens (including phenoxy) is 3. The molecule has 0 saturated carbocycles. The molecular formula is C16H18FNO6. The molecule has 0 aromatic heterocycles. The molecule has 1 heterocycles. The van der Waals surface area contributed by atoms with E-state index < -0.39 is 35.8 Å². The average Bonchev–Trinajstić information content (AvgIpc) is 2.98.